The summed E-state index contributed by atoms with van der Waals surface area (Å²) in [5, 5.41) is 6.75. The maximum Gasteiger partial charge on any atom is 0.317 e. The van der Waals surface area contributed by atoms with E-state index in [-0.39, 0.29) is 12.1 Å². The van der Waals surface area contributed by atoms with Crippen molar-refractivity contribution in [2.75, 3.05) is 26.2 Å². The minimum atomic E-state index is 0.0623. The van der Waals surface area contributed by atoms with Crippen LogP contribution in [-0.4, -0.2) is 49.3 Å². The van der Waals surface area contributed by atoms with Gasteiger partial charge in [0.05, 0.1) is 6.04 Å². The van der Waals surface area contributed by atoms with E-state index in [9.17, 15) is 4.79 Å². The van der Waals surface area contributed by atoms with Crippen molar-refractivity contribution >= 4 is 6.03 Å². The van der Waals surface area contributed by atoms with Gasteiger partial charge >= 0.3 is 6.03 Å². The zero-order valence-electron chi connectivity index (χ0n) is 15.3. The molecule has 2 N–H and O–H groups in total. The van der Waals surface area contributed by atoms with Gasteiger partial charge < -0.3 is 20.3 Å². The Morgan fingerprint density at radius 1 is 1.28 bits per heavy atom. The molecule has 136 valence electrons. The standard InChI is InChI=1S/C20H29N3O2/c1-20(2)13-21-18(20)14-7-9-23(10-8-14)19(24)22-16-11-15-5-3-4-6-17(15)25-12-16/h3-6,14,16,18,21H,7-13H2,1-2H3,(H,22,24). The fraction of sp³-hybridized carbons (Fsp3) is 0.650. The molecule has 2 fully saturated rings. The number of urea groups is 1. The number of carbonyl (C=O) groups excluding carboxylic acids is 1. The number of carbonyl (C=O) groups is 1. The minimum absolute atomic E-state index is 0.0623. The van der Waals surface area contributed by atoms with E-state index < -0.39 is 0 Å². The highest BCUT2D eigenvalue weighted by molar-refractivity contribution is 5.74. The van der Waals surface area contributed by atoms with Crippen LogP contribution in [0.5, 0.6) is 5.75 Å². The summed E-state index contributed by atoms with van der Waals surface area (Å²) in [6.45, 7) is 8.06. The highest BCUT2D eigenvalue weighted by Crippen LogP contribution is 2.37. The van der Waals surface area contributed by atoms with Gasteiger partial charge in [0, 0.05) is 25.7 Å². The summed E-state index contributed by atoms with van der Waals surface area (Å²) in [6.07, 6.45) is 3.04. The summed E-state index contributed by atoms with van der Waals surface area (Å²) in [5.74, 6) is 1.64. The predicted molar refractivity (Wildman–Crippen MR) is 97.8 cm³/mol. The molecule has 5 nitrogen and oxygen atoms in total. The summed E-state index contributed by atoms with van der Waals surface area (Å²) in [5.41, 5.74) is 1.58. The molecule has 3 aliphatic heterocycles. The average Bonchev–Trinajstić information content (AvgIpc) is 2.61. The quantitative estimate of drug-likeness (QED) is 0.867. The van der Waals surface area contributed by atoms with Crippen LogP contribution < -0.4 is 15.4 Å². The zero-order chi connectivity index (χ0) is 17.4. The molecule has 0 aliphatic carbocycles. The molecule has 0 bridgehead atoms. The van der Waals surface area contributed by atoms with Crippen LogP contribution in [0.3, 0.4) is 0 Å². The van der Waals surface area contributed by atoms with Gasteiger partial charge in [0.15, 0.2) is 0 Å². The number of fused-ring (bicyclic) bond motifs is 1. The second-order valence-electron chi connectivity index (χ2n) is 8.44. The molecule has 5 heteroatoms. The fourth-order valence-corrected chi connectivity index (χ4v) is 4.56. The molecule has 0 spiro atoms. The molecule has 0 saturated carbocycles. The highest BCUT2D eigenvalue weighted by Gasteiger charge is 2.43. The number of amides is 2. The molecule has 2 unspecified atom stereocenters. The molecule has 2 atom stereocenters. The van der Waals surface area contributed by atoms with Crippen molar-refractivity contribution < 1.29 is 9.53 Å². The second kappa shape index (κ2) is 6.52. The fourth-order valence-electron chi connectivity index (χ4n) is 4.56. The van der Waals surface area contributed by atoms with Crippen LogP contribution in [-0.2, 0) is 6.42 Å². The molecule has 1 aromatic rings. The Hall–Kier alpha value is -1.75. The smallest absolute Gasteiger partial charge is 0.317 e. The number of nitrogens with zero attached hydrogens (tertiary/aromatic N) is 1. The summed E-state index contributed by atoms with van der Waals surface area (Å²) >= 11 is 0. The van der Waals surface area contributed by atoms with Crippen LogP contribution in [0.4, 0.5) is 4.79 Å². The van der Waals surface area contributed by atoms with E-state index in [0.29, 0.717) is 24.0 Å². The molecule has 2 amide bonds. The van der Waals surface area contributed by atoms with Crippen molar-refractivity contribution in [1.82, 2.24) is 15.5 Å². The van der Waals surface area contributed by atoms with Crippen molar-refractivity contribution in [2.45, 2.75) is 45.2 Å². The van der Waals surface area contributed by atoms with Gasteiger partial charge in [-0.2, -0.15) is 0 Å². The minimum Gasteiger partial charge on any atom is -0.491 e. The highest BCUT2D eigenvalue weighted by atomic mass is 16.5. The van der Waals surface area contributed by atoms with Crippen molar-refractivity contribution in [3.8, 4) is 5.75 Å². The Kier molecular flexibility index (Phi) is 4.36. The Labute approximate surface area is 150 Å². The summed E-state index contributed by atoms with van der Waals surface area (Å²) in [7, 11) is 0. The number of benzene rings is 1. The van der Waals surface area contributed by atoms with Crippen molar-refractivity contribution in [3.05, 3.63) is 29.8 Å². The van der Waals surface area contributed by atoms with Crippen molar-refractivity contribution in [1.29, 1.82) is 0 Å². The van der Waals surface area contributed by atoms with Crippen LogP contribution in [0.2, 0.25) is 0 Å². The number of hydrogen-bond donors (Lipinski definition) is 2. The number of para-hydroxylation sites is 1. The molecule has 4 rings (SSSR count). The first kappa shape index (κ1) is 16.7. The lowest BCUT2D eigenvalue weighted by molar-refractivity contribution is 0.0454. The zero-order valence-corrected chi connectivity index (χ0v) is 15.3. The van der Waals surface area contributed by atoms with Crippen LogP contribution in [0.25, 0.3) is 0 Å². The van der Waals surface area contributed by atoms with Crippen LogP contribution >= 0.6 is 0 Å². The molecule has 0 aromatic heterocycles. The van der Waals surface area contributed by atoms with Gasteiger partial charge in [-0.25, -0.2) is 4.79 Å². The SMILES string of the molecule is CC1(C)CNC1C1CCN(C(=O)NC2COc3ccccc3C2)CC1. The number of ether oxygens (including phenoxy) is 1. The first-order valence-corrected chi connectivity index (χ1v) is 9.52. The lowest BCUT2D eigenvalue weighted by atomic mass is 9.68. The predicted octanol–water partition coefficient (Wildman–Crippen LogP) is 2.41. The molecular weight excluding hydrogens is 314 g/mol. The molecule has 3 heterocycles. The third-order valence-corrected chi connectivity index (χ3v) is 6.12. The normalized spacial score (nSPS) is 28.5. The van der Waals surface area contributed by atoms with Crippen LogP contribution in [0.15, 0.2) is 24.3 Å². The molecular formula is C20H29N3O2. The average molecular weight is 343 g/mol. The van der Waals surface area contributed by atoms with Gasteiger partial charge in [-0.1, -0.05) is 32.0 Å². The van der Waals surface area contributed by atoms with Gasteiger partial charge in [-0.3, -0.25) is 0 Å². The van der Waals surface area contributed by atoms with E-state index in [0.717, 1.165) is 44.6 Å². The van der Waals surface area contributed by atoms with E-state index >= 15 is 0 Å². The number of piperidine rings is 1. The number of rotatable bonds is 2. The van der Waals surface area contributed by atoms with Crippen LogP contribution in [0.1, 0.15) is 32.3 Å². The van der Waals surface area contributed by atoms with Gasteiger partial charge in [-0.05, 0) is 42.2 Å². The maximum absolute atomic E-state index is 12.6. The summed E-state index contributed by atoms with van der Waals surface area (Å²) in [4.78, 5) is 14.6. The third-order valence-electron chi connectivity index (χ3n) is 6.12. The Morgan fingerprint density at radius 3 is 2.72 bits per heavy atom. The van der Waals surface area contributed by atoms with Gasteiger partial charge in [0.1, 0.15) is 12.4 Å². The van der Waals surface area contributed by atoms with E-state index in [4.69, 9.17) is 4.74 Å². The Balaban J connectivity index is 1.27. The maximum atomic E-state index is 12.6. The van der Waals surface area contributed by atoms with E-state index in [1.165, 1.54) is 5.56 Å². The molecule has 1 aromatic carbocycles. The number of nitrogens with one attached hydrogen (secondary N) is 2. The Morgan fingerprint density at radius 2 is 2.04 bits per heavy atom. The third kappa shape index (κ3) is 3.34. The molecule has 25 heavy (non-hydrogen) atoms. The van der Waals surface area contributed by atoms with E-state index in [2.05, 4.69) is 30.5 Å². The summed E-state index contributed by atoms with van der Waals surface area (Å²) in [6, 6.07) is 8.81. The van der Waals surface area contributed by atoms with Gasteiger partial charge in [0.2, 0.25) is 0 Å². The van der Waals surface area contributed by atoms with Gasteiger partial charge in [-0.15, -0.1) is 0 Å². The number of likely N-dealkylation sites (tertiary alicyclic amines) is 1. The number of hydrogen-bond acceptors (Lipinski definition) is 3. The van der Waals surface area contributed by atoms with E-state index in [1.807, 2.05) is 23.1 Å². The first-order chi connectivity index (χ1) is 12.0. The monoisotopic (exact) mass is 343 g/mol. The lowest BCUT2D eigenvalue weighted by Crippen LogP contribution is -2.64. The first-order valence-electron chi connectivity index (χ1n) is 9.52. The van der Waals surface area contributed by atoms with E-state index in [1.54, 1.807) is 0 Å². The Bertz CT molecular complexity index is 638. The topological polar surface area (TPSA) is 53.6 Å². The summed E-state index contributed by atoms with van der Waals surface area (Å²) < 4.78 is 5.78. The lowest BCUT2D eigenvalue weighted by Gasteiger charge is -2.51. The largest absolute Gasteiger partial charge is 0.491 e. The van der Waals surface area contributed by atoms with Crippen LogP contribution in [0, 0.1) is 11.3 Å². The van der Waals surface area contributed by atoms with Crippen molar-refractivity contribution in [3.63, 3.8) is 0 Å². The molecule has 2 saturated heterocycles. The second-order valence-corrected chi connectivity index (χ2v) is 8.44. The van der Waals surface area contributed by atoms with Gasteiger partial charge in [0.25, 0.3) is 0 Å². The molecule has 0 radical (unpaired) electrons. The molecule has 3 aliphatic rings. The van der Waals surface area contributed by atoms with Crippen molar-refractivity contribution in [2.24, 2.45) is 11.3 Å².